The Morgan fingerprint density at radius 3 is 2.07 bits per heavy atom. The second-order valence-corrected chi connectivity index (χ2v) is 5.20. The summed E-state index contributed by atoms with van der Waals surface area (Å²) < 4.78 is 5.66. The molecule has 3 atom stereocenters. The predicted octanol–water partition coefficient (Wildman–Crippen LogP) is 1.54. The summed E-state index contributed by atoms with van der Waals surface area (Å²) in [6.45, 7) is 10.6. The van der Waals surface area contributed by atoms with E-state index < -0.39 is 6.10 Å². The summed E-state index contributed by atoms with van der Waals surface area (Å²) in [6, 6.07) is 0. The van der Waals surface area contributed by atoms with E-state index in [1.54, 1.807) is 6.92 Å². The molecule has 3 N–H and O–H groups in total. The van der Waals surface area contributed by atoms with E-state index in [0.29, 0.717) is 6.54 Å². The fraction of sp³-hybridized carbons (Fsp3) is 1.00. The summed E-state index contributed by atoms with van der Waals surface area (Å²) in [5.74, 6) is 0. The largest absolute Gasteiger partial charge is 0.391 e. The molecule has 0 fully saturated rings. The second-order valence-electron chi connectivity index (χ2n) is 5.20. The highest BCUT2D eigenvalue weighted by Gasteiger charge is 2.21. The van der Waals surface area contributed by atoms with Crippen LogP contribution < -0.4 is 5.73 Å². The van der Waals surface area contributed by atoms with Crippen molar-refractivity contribution in [1.29, 1.82) is 0 Å². The first-order chi connectivity index (χ1) is 6.26. The van der Waals surface area contributed by atoms with Crippen molar-refractivity contribution >= 4 is 0 Å². The number of hydrogen-bond acceptors (Lipinski definition) is 3. The molecule has 14 heavy (non-hydrogen) atoms. The maximum atomic E-state index is 9.30. The van der Waals surface area contributed by atoms with Gasteiger partial charge in [0, 0.05) is 6.54 Å². The molecule has 0 heterocycles. The fourth-order valence-electron chi connectivity index (χ4n) is 1.29. The first-order valence-corrected chi connectivity index (χ1v) is 5.30. The van der Waals surface area contributed by atoms with E-state index in [1.165, 1.54) is 0 Å². The third-order valence-electron chi connectivity index (χ3n) is 2.19. The molecule has 0 aliphatic carbocycles. The molecule has 0 aromatic heterocycles. The van der Waals surface area contributed by atoms with Crippen molar-refractivity contribution in [3.63, 3.8) is 0 Å². The molecule has 0 aromatic carbocycles. The molecule has 0 amide bonds. The third-order valence-corrected chi connectivity index (χ3v) is 2.19. The number of hydrogen-bond donors (Lipinski definition) is 2. The smallest absolute Gasteiger partial charge is 0.0807 e. The van der Waals surface area contributed by atoms with E-state index in [9.17, 15) is 5.11 Å². The molecule has 0 rings (SSSR count). The quantitative estimate of drug-likeness (QED) is 0.712. The molecule has 86 valence electrons. The normalized spacial score (nSPS) is 19.1. The van der Waals surface area contributed by atoms with Gasteiger partial charge >= 0.3 is 0 Å². The number of rotatable bonds is 5. The molecule has 0 aromatic rings. The highest BCUT2D eigenvalue weighted by molar-refractivity contribution is 4.72. The average Bonchev–Trinajstić information content (AvgIpc) is 2.00. The maximum absolute atomic E-state index is 9.30. The van der Waals surface area contributed by atoms with Gasteiger partial charge in [-0.1, -0.05) is 20.8 Å². The predicted molar refractivity (Wildman–Crippen MR) is 59.1 cm³/mol. The van der Waals surface area contributed by atoms with Crippen LogP contribution in [0.5, 0.6) is 0 Å². The zero-order valence-corrected chi connectivity index (χ0v) is 10.1. The Hall–Kier alpha value is -0.120. The highest BCUT2D eigenvalue weighted by Crippen LogP contribution is 2.22. The van der Waals surface area contributed by atoms with Crippen molar-refractivity contribution < 1.29 is 9.84 Å². The van der Waals surface area contributed by atoms with Crippen molar-refractivity contribution in [2.75, 3.05) is 6.54 Å². The Balaban J connectivity index is 4.03. The summed E-state index contributed by atoms with van der Waals surface area (Å²) in [5, 5.41) is 9.30. The summed E-state index contributed by atoms with van der Waals surface area (Å²) in [5.41, 5.74) is 5.83. The lowest BCUT2D eigenvalue weighted by Crippen LogP contribution is -2.35. The van der Waals surface area contributed by atoms with Crippen LogP contribution in [0.3, 0.4) is 0 Å². The molecule has 3 unspecified atom stereocenters. The molecular weight excluding hydrogens is 178 g/mol. The molecule has 3 heteroatoms. The van der Waals surface area contributed by atoms with Gasteiger partial charge < -0.3 is 15.6 Å². The van der Waals surface area contributed by atoms with Crippen LogP contribution in [0, 0.1) is 5.41 Å². The molecule has 0 aliphatic heterocycles. The van der Waals surface area contributed by atoms with Gasteiger partial charge in [0.1, 0.15) is 0 Å². The van der Waals surface area contributed by atoms with E-state index in [-0.39, 0.29) is 17.6 Å². The molecule has 0 saturated carbocycles. The van der Waals surface area contributed by atoms with Gasteiger partial charge in [-0.25, -0.2) is 0 Å². The lowest BCUT2D eigenvalue weighted by molar-refractivity contribution is -0.0690. The van der Waals surface area contributed by atoms with Gasteiger partial charge in [-0.3, -0.25) is 0 Å². The van der Waals surface area contributed by atoms with E-state index in [1.807, 2.05) is 6.92 Å². The second kappa shape index (κ2) is 5.69. The van der Waals surface area contributed by atoms with Crippen LogP contribution in [-0.2, 0) is 4.74 Å². The SMILES string of the molecule is CC(O)C(C)OC(CN)CC(C)(C)C. The molecule has 0 saturated heterocycles. The van der Waals surface area contributed by atoms with Gasteiger partial charge in [-0.2, -0.15) is 0 Å². The van der Waals surface area contributed by atoms with Gasteiger partial charge in [0.25, 0.3) is 0 Å². The van der Waals surface area contributed by atoms with Crippen LogP contribution >= 0.6 is 0 Å². The monoisotopic (exact) mass is 203 g/mol. The van der Waals surface area contributed by atoms with Gasteiger partial charge in [-0.05, 0) is 25.7 Å². The molecule has 3 nitrogen and oxygen atoms in total. The fourth-order valence-corrected chi connectivity index (χ4v) is 1.29. The van der Waals surface area contributed by atoms with E-state index in [2.05, 4.69) is 20.8 Å². The summed E-state index contributed by atoms with van der Waals surface area (Å²) >= 11 is 0. The van der Waals surface area contributed by atoms with Crippen LogP contribution in [0.15, 0.2) is 0 Å². The molecule has 0 spiro atoms. The zero-order chi connectivity index (χ0) is 11.4. The Labute approximate surface area is 87.6 Å². The van der Waals surface area contributed by atoms with E-state index >= 15 is 0 Å². The van der Waals surface area contributed by atoms with Crippen LogP contribution in [0.25, 0.3) is 0 Å². The van der Waals surface area contributed by atoms with E-state index in [4.69, 9.17) is 10.5 Å². The van der Waals surface area contributed by atoms with Crippen LogP contribution in [0.2, 0.25) is 0 Å². The number of nitrogens with two attached hydrogens (primary N) is 1. The minimum atomic E-state index is -0.441. The number of aliphatic hydroxyl groups excluding tert-OH is 1. The van der Waals surface area contributed by atoms with Crippen molar-refractivity contribution in [2.24, 2.45) is 11.1 Å². The standard InChI is InChI=1S/C11H25NO2/c1-8(13)9(2)14-10(7-12)6-11(3,4)5/h8-10,13H,6-7,12H2,1-5H3. The number of aliphatic hydroxyl groups is 1. The Kier molecular flexibility index (Phi) is 5.64. The van der Waals surface area contributed by atoms with Gasteiger partial charge in [0.2, 0.25) is 0 Å². The molecule has 0 aliphatic rings. The first kappa shape index (κ1) is 13.9. The van der Waals surface area contributed by atoms with Gasteiger partial charge in [0.05, 0.1) is 18.3 Å². The summed E-state index contributed by atoms with van der Waals surface area (Å²) in [7, 11) is 0. The van der Waals surface area contributed by atoms with E-state index in [0.717, 1.165) is 6.42 Å². The lowest BCUT2D eigenvalue weighted by atomic mass is 9.89. The van der Waals surface area contributed by atoms with Crippen molar-refractivity contribution in [2.45, 2.75) is 59.4 Å². The van der Waals surface area contributed by atoms with Crippen LogP contribution in [-0.4, -0.2) is 30.0 Å². The van der Waals surface area contributed by atoms with Crippen molar-refractivity contribution in [1.82, 2.24) is 0 Å². The Bertz CT molecular complexity index is 152. The molecule has 0 bridgehead atoms. The average molecular weight is 203 g/mol. The molecule has 0 radical (unpaired) electrons. The lowest BCUT2D eigenvalue weighted by Gasteiger charge is -2.28. The Morgan fingerprint density at radius 1 is 1.29 bits per heavy atom. The minimum Gasteiger partial charge on any atom is -0.391 e. The topological polar surface area (TPSA) is 55.5 Å². The van der Waals surface area contributed by atoms with Crippen molar-refractivity contribution in [3.05, 3.63) is 0 Å². The minimum absolute atomic E-state index is 0.0413. The summed E-state index contributed by atoms with van der Waals surface area (Å²) in [6.07, 6.45) is 0.370. The third kappa shape index (κ3) is 6.35. The first-order valence-electron chi connectivity index (χ1n) is 5.30. The maximum Gasteiger partial charge on any atom is 0.0807 e. The summed E-state index contributed by atoms with van der Waals surface area (Å²) in [4.78, 5) is 0. The van der Waals surface area contributed by atoms with Crippen LogP contribution in [0.1, 0.15) is 41.0 Å². The van der Waals surface area contributed by atoms with Crippen molar-refractivity contribution in [3.8, 4) is 0 Å². The van der Waals surface area contributed by atoms with Crippen LogP contribution in [0.4, 0.5) is 0 Å². The zero-order valence-electron chi connectivity index (χ0n) is 10.1. The number of ether oxygens (including phenoxy) is 1. The van der Waals surface area contributed by atoms with Gasteiger partial charge in [-0.15, -0.1) is 0 Å². The van der Waals surface area contributed by atoms with Gasteiger partial charge in [0.15, 0.2) is 0 Å². The highest BCUT2D eigenvalue weighted by atomic mass is 16.5. The molecular formula is C11H25NO2. The Morgan fingerprint density at radius 2 is 1.79 bits per heavy atom.